The summed E-state index contributed by atoms with van der Waals surface area (Å²) in [6, 6.07) is 0. The molecule has 0 aliphatic heterocycles. The Labute approximate surface area is 56.7 Å². The molecule has 0 unspecified atom stereocenters. The fourth-order valence-electron chi connectivity index (χ4n) is 0.287. The second-order valence-corrected chi connectivity index (χ2v) is 2.30. The first kappa shape index (κ1) is 8.26. The van der Waals surface area contributed by atoms with Crippen molar-refractivity contribution in [3.05, 3.63) is 12.7 Å². The average Bonchev–Trinajstić information content (AvgIpc) is 1.84. The van der Waals surface area contributed by atoms with E-state index in [0.717, 1.165) is 0 Å². The van der Waals surface area contributed by atoms with Crippen LogP contribution in [0, 0.1) is 12.3 Å². The van der Waals surface area contributed by atoms with Crippen LogP contribution in [-0.4, -0.2) is 12.2 Å². The highest BCUT2D eigenvalue weighted by Crippen LogP contribution is 2.08. The Morgan fingerprint density at radius 3 is 2.67 bits per heavy atom. The minimum atomic E-state index is -0.285. The molecule has 0 aliphatic rings. The van der Waals surface area contributed by atoms with E-state index >= 15 is 0 Å². The fourth-order valence-corrected chi connectivity index (χ4v) is 0.287. The Kier molecular flexibility index (Phi) is 3.05. The van der Waals surface area contributed by atoms with Crippen LogP contribution in [0.1, 0.15) is 13.8 Å². The lowest BCUT2D eigenvalue weighted by Crippen LogP contribution is -2.20. The standard InChI is InChI=1S/C8H12O/c1-5-7-9-8(3,4)6-2/h1,6H,2,7H2,3-4H3. The van der Waals surface area contributed by atoms with E-state index in [1.54, 1.807) is 6.08 Å². The fraction of sp³-hybridized carbons (Fsp3) is 0.500. The van der Waals surface area contributed by atoms with Crippen molar-refractivity contribution in [1.29, 1.82) is 0 Å². The molecule has 50 valence electrons. The molecule has 0 spiro atoms. The topological polar surface area (TPSA) is 9.23 Å². The first-order valence-electron chi connectivity index (χ1n) is 2.83. The molecule has 0 aromatic carbocycles. The maximum atomic E-state index is 5.17. The second kappa shape index (κ2) is 3.32. The van der Waals surface area contributed by atoms with Crippen molar-refractivity contribution >= 4 is 0 Å². The molecule has 0 N–H and O–H groups in total. The zero-order valence-corrected chi connectivity index (χ0v) is 5.98. The van der Waals surface area contributed by atoms with Gasteiger partial charge in [-0.05, 0) is 13.8 Å². The molecular formula is C8H12O. The SMILES string of the molecule is C#CCOC(C)(C)C=C. The Bertz CT molecular complexity index is 128. The van der Waals surface area contributed by atoms with Gasteiger partial charge in [0.15, 0.2) is 0 Å². The van der Waals surface area contributed by atoms with Crippen molar-refractivity contribution in [2.75, 3.05) is 6.61 Å². The van der Waals surface area contributed by atoms with E-state index in [0.29, 0.717) is 6.61 Å². The molecule has 1 heteroatoms. The molecule has 1 nitrogen and oxygen atoms in total. The van der Waals surface area contributed by atoms with Crippen LogP contribution in [0.2, 0.25) is 0 Å². The van der Waals surface area contributed by atoms with Gasteiger partial charge in [0.1, 0.15) is 6.61 Å². The lowest BCUT2D eigenvalue weighted by molar-refractivity contribution is 0.0427. The zero-order chi connectivity index (χ0) is 7.33. The maximum Gasteiger partial charge on any atom is 0.108 e. The third kappa shape index (κ3) is 3.81. The summed E-state index contributed by atoms with van der Waals surface area (Å²) in [4.78, 5) is 0. The molecule has 0 aromatic rings. The first-order valence-corrected chi connectivity index (χ1v) is 2.83. The normalized spacial score (nSPS) is 10.3. The van der Waals surface area contributed by atoms with Crippen molar-refractivity contribution < 1.29 is 4.74 Å². The van der Waals surface area contributed by atoms with E-state index in [9.17, 15) is 0 Å². The van der Waals surface area contributed by atoms with Gasteiger partial charge in [-0.2, -0.15) is 0 Å². The number of ether oxygens (including phenoxy) is 1. The van der Waals surface area contributed by atoms with E-state index in [2.05, 4.69) is 12.5 Å². The minimum absolute atomic E-state index is 0.285. The smallest absolute Gasteiger partial charge is 0.108 e. The van der Waals surface area contributed by atoms with E-state index < -0.39 is 0 Å². The highest BCUT2D eigenvalue weighted by molar-refractivity contribution is 4.92. The lowest BCUT2D eigenvalue weighted by atomic mass is 10.1. The van der Waals surface area contributed by atoms with Crippen LogP contribution in [0.4, 0.5) is 0 Å². The molecule has 0 saturated heterocycles. The van der Waals surface area contributed by atoms with Crippen molar-refractivity contribution in [2.24, 2.45) is 0 Å². The first-order chi connectivity index (χ1) is 4.12. The van der Waals surface area contributed by atoms with Crippen LogP contribution in [0.5, 0.6) is 0 Å². The van der Waals surface area contributed by atoms with E-state index in [4.69, 9.17) is 11.2 Å². The highest BCUT2D eigenvalue weighted by Gasteiger charge is 2.10. The summed E-state index contributed by atoms with van der Waals surface area (Å²) < 4.78 is 5.17. The van der Waals surface area contributed by atoms with Crippen molar-refractivity contribution in [3.8, 4) is 12.3 Å². The summed E-state index contributed by atoms with van der Waals surface area (Å²) >= 11 is 0. The number of hydrogen-bond donors (Lipinski definition) is 0. The summed E-state index contributed by atoms with van der Waals surface area (Å²) in [5.74, 6) is 2.39. The molecule has 0 amide bonds. The molecule has 0 saturated carbocycles. The summed E-state index contributed by atoms with van der Waals surface area (Å²) in [5.41, 5.74) is -0.285. The number of terminal acetylenes is 1. The van der Waals surface area contributed by atoms with Crippen molar-refractivity contribution in [3.63, 3.8) is 0 Å². The lowest BCUT2D eigenvalue weighted by Gasteiger charge is -2.18. The molecule has 0 radical (unpaired) electrons. The quantitative estimate of drug-likeness (QED) is 0.410. The van der Waals surface area contributed by atoms with Gasteiger partial charge >= 0.3 is 0 Å². The monoisotopic (exact) mass is 124 g/mol. The van der Waals surface area contributed by atoms with E-state index in [1.807, 2.05) is 13.8 Å². The molecular weight excluding hydrogens is 112 g/mol. The van der Waals surface area contributed by atoms with E-state index in [-0.39, 0.29) is 5.60 Å². The van der Waals surface area contributed by atoms with Crippen LogP contribution >= 0.6 is 0 Å². The van der Waals surface area contributed by atoms with Gasteiger partial charge in [-0.1, -0.05) is 12.0 Å². The molecule has 0 bridgehead atoms. The number of rotatable bonds is 3. The van der Waals surface area contributed by atoms with Crippen LogP contribution < -0.4 is 0 Å². The van der Waals surface area contributed by atoms with Crippen LogP contribution in [-0.2, 0) is 4.74 Å². The summed E-state index contributed by atoms with van der Waals surface area (Å²) in [7, 11) is 0. The second-order valence-electron chi connectivity index (χ2n) is 2.30. The summed E-state index contributed by atoms with van der Waals surface area (Å²) in [6.07, 6.45) is 6.71. The predicted molar refractivity (Wildman–Crippen MR) is 39.1 cm³/mol. The van der Waals surface area contributed by atoms with Crippen LogP contribution in [0.3, 0.4) is 0 Å². The largest absolute Gasteiger partial charge is 0.359 e. The van der Waals surface area contributed by atoms with Crippen LogP contribution in [0.15, 0.2) is 12.7 Å². The third-order valence-corrected chi connectivity index (χ3v) is 1.02. The average molecular weight is 124 g/mol. The Morgan fingerprint density at radius 2 is 2.33 bits per heavy atom. The van der Waals surface area contributed by atoms with Gasteiger partial charge in [0.2, 0.25) is 0 Å². The number of hydrogen-bond acceptors (Lipinski definition) is 1. The van der Waals surface area contributed by atoms with Gasteiger partial charge in [-0.15, -0.1) is 13.0 Å². The molecule has 0 atom stereocenters. The molecule has 0 fully saturated rings. The summed E-state index contributed by atoms with van der Waals surface area (Å²) in [5, 5.41) is 0. The molecule has 0 heterocycles. The predicted octanol–water partition coefficient (Wildman–Crippen LogP) is 1.60. The van der Waals surface area contributed by atoms with Gasteiger partial charge in [0, 0.05) is 0 Å². The Balaban J connectivity index is 3.61. The molecule has 0 aromatic heterocycles. The van der Waals surface area contributed by atoms with Gasteiger partial charge in [-0.25, -0.2) is 0 Å². The van der Waals surface area contributed by atoms with Gasteiger partial charge < -0.3 is 4.74 Å². The van der Waals surface area contributed by atoms with Gasteiger partial charge in [-0.3, -0.25) is 0 Å². The maximum absolute atomic E-state index is 5.17. The van der Waals surface area contributed by atoms with E-state index in [1.165, 1.54) is 0 Å². The van der Waals surface area contributed by atoms with Crippen LogP contribution in [0.25, 0.3) is 0 Å². The highest BCUT2D eigenvalue weighted by atomic mass is 16.5. The Morgan fingerprint density at radius 1 is 1.78 bits per heavy atom. The molecule has 9 heavy (non-hydrogen) atoms. The minimum Gasteiger partial charge on any atom is -0.359 e. The van der Waals surface area contributed by atoms with Gasteiger partial charge in [0.05, 0.1) is 5.60 Å². The molecule has 0 rings (SSSR count). The zero-order valence-electron chi connectivity index (χ0n) is 5.98. The Hall–Kier alpha value is -0.740. The van der Waals surface area contributed by atoms with Crippen molar-refractivity contribution in [1.82, 2.24) is 0 Å². The summed E-state index contributed by atoms with van der Waals surface area (Å²) in [6.45, 7) is 7.77. The van der Waals surface area contributed by atoms with Crippen molar-refractivity contribution in [2.45, 2.75) is 19.4 Å². The van der Waals surface area contributed by atoms with Gasteiger partial charge in [0.25, 0.3) is 0 Å². The molecule has 0 aliphatic carbocycles. The third-order valence-electron chi connectivity index (χ3n) is 1.02.